The van der Waals surface area contributed by atoms with Gasteiger partial charge in [0.2, 0.25) is 0 Å². The van der Waals surface area contributed by atoms with Crippen molar-refractivity contribution < 1.29 is 9.53 Å². The molecule has 106 valence electrons. The SMILES string of the molecule is CCNC(=O)n1nccc1[C@@H](C)Oc1ccc(Cl)cc1. The summed E-state index contributed by atoms with van der Waals surface area (Å²) in [6.45, 7) is 4.26. The lowest BCUT2D eigenvalue weighted by atomic mass is 10.2. The first-order valence-electron chi connectivity index (χ1n) is 6.36. The zero-order chi connectivity index (χ0) is 14.5. The third-order valence-electron chi connectivity index (χ3n) is 2.74. The van der Waals surface area contributed by atoms with Crippen LogP contribution in [0.4, 0.5) is 4.79 Å². The molecule has 0 aliphatic rings. The fraction of sp³-hybridized carbons (Fsp3) is 0.286. The summed E-state index contributed by atoms with van der Waals surface area (Å²) in [5.41, 5.74) is 0.686. The van der Waals surface area contributed by atoms with Crippen LogP contribution in [-0.2, 0) is 0 Å². The maximum atomic E-state index is 11.8. The Morgan fingerprint density at radius 2 is 2.10 bits per heavy atom. The van der Waals surface area contributed by atoms with E-state index in [0.29, 0.717) is 23.0 Å². The van der Waals surface area contributed by atoms with Gasteiger partial charge in [-0.15, -0.1) is 0 Å². The van der Waals surface area contributed by atoms with Gasteiger partial charge >= 0.3 is 6.03 Å². The molecule has 2 aromatic rings. The fourth-order valence-corrected chi connectivity index (χ4v) is 1.92. The molecule has 20 heavy (non-hydrogen) atoms. The van der Waals surface area contributed by atoms with E-state index in [1.165, 1.54) is 4.68 Å². The minimum atomic E-state index is -0.304. The Labute approximate surface area is 122 Å². The molecular weight excluding hydrogens is 278 g/mol. The van der Waals surface area contributed by atoms with Crippen LogP contribution in [0.3, 0.4) is 0 Å². The van der Waals surface area contributed by atoms with E-state index < -0.39 is 0 Å². The van der Waals surface area contributed by atoms with Crippen molar-refractivity contribution in [2.45, 2.75) is 20.0 Å². The lowest BCUT2D eigenvalue weighted by Gasteiger charge is -2.16. The van der Waals surface area contributed by atoms with Crippen LogP contribution >= 0.6 is 11.6 Å². The third-order valence-corrected chi connectivity index (χ3v) is 2.99. The standard InChI is InChI=1S/C14H16ClN3O2/c1-3-16-14(19)18-13(8-9-17-18)10(2)20-12-6-4-11(15)5-7-12/h4-10H,3H2,1-2H3,(H,16,19)/t10-/m1/s1. The maximum Gasteiger partial charge on any atom is 0.342 e. The van der Waals surface area contributed by atoms with Gasteiger partial charge in [-0.3, -0.25) is 0 Å². The van der Waals surface area contributed by atoms with E-state index in [-0.39, 0.29) is 12.1 Å². The quantitative estimate of drug-likeness (QED) is 0.941. The number of halogens is 1. The van der Waals surface area contributed by atoms with E-state index in [0.717, 1.165) is 0 Å². The van der Waals surface area contributed by atoms with Crippen molar-refractivity contribution in [1.82, 2.24) is 15.1 Å². The molecule has 1 amide bonds. The number of nitrogens with zero attached hydrogens (tertiary/aromatic N) is 2. The van der Waals surface area contributed by atoms with Crippen LogP contribution < -0.4 is 10.1 Å². The molecule has 0 saturated carbocycles. The molecule has 1 heterocycles. The molecule has 0 aliphatic carbocycles. The van der Waals surface area contributed by atoms with Crippen LogP contribution in [0.1, 0.15) is 25.6 Å². The van der Waals surface area contributed by atoms with Gasteiger partial charge in [-0.05, 0) is 44.2 Å². The van der Waals surface area contributed by atoms with Crippen molar-refractivity contribution in [3.05, 3.63) is 47.2 Å². The highest BCUT2D eigenvalue weighted by Gasteiger charge is 2.17. The van der Waals surface area contributed by atoms with Crippen LogP contribution in [0, 0.1) is 0 Å². The number of ether oxygens (including phenoxy) is 1. The molecule has 0 fully saturated rings. The van der Waals surface area contributed by atoms with Crippen LogP contribution in [0.5, 0.6) is 5.75 Å². The lowest BCUT2D eigenvalue weighted by molar-refractivity contribution is 0.209. The second-order valence-electron chi connectivity index (χ2n) is 4.22. The van der Waals surface area contributed by atoms with Crippen LogP contribution in [0.25, 0.3) is 0 Å². The van der Waals surface area contributed by atoms with Crippen LogP contribution in [-0.4, -0.2) is 22.4 Å². The van der Waals surface area contributed by atoms with E-state index in [4.69, 9.17) is 16.3 Å². The zero-order valence-electron chi connectivity index (χ0n) is 11.3. The van der Waals surface area contributed by atoms with Crippen molar-refractivity contribution in [2.75, 3.05) is 6.54 Å². The Kier molecular flexibility index (Phi) is 4.63. The fourth-order valence-electron chi connectivity index (χ4n) is 1.79. The highest BCUT2D eigenvalue weighted by atomic mass is 35.5. The van der Waals surface area contributed by atoms with Crippen LogP contribution in [0.15, 0.2) is 36.5 Å². The summed E-state index contributed by atoms with van der Waals surface area (Å²) in [5.74, 6) is 0.686. The smallest absolute Gasteiger partial charge is 0.342 e. The summed E-state index contributed by atoms with van der Waals surface area (Å²) >= 11 is 5.83. The molecule has 0 saturated heterocycles. The number of carbonyl (C=O) groups is 1. The van der Waals surface area contributed by atoms with E-state index in [2.05, 4.69) is 10.4 Å². The zero-order valence-corrected chi connectivity index (χ0v) is 12.1. The normalized spacial score (nSPS) is 11.9. The number of carbonyl (C=O) groups excluding carboxylic acids is 1. The Balaban J connectivity index is 2.13. The Morgan fingerprint density at radius 3 is 2.75 bits per heavy atom. The van der Waals surface area contributed by atoms with Gasteiger partial charge < -0.3 is 10.1 Å². The minimum absolute atomic E-state index is 0.265. The molecule has 0 bridgehead atoms. The average Bonchev–Trinajstić information content (AvgIpc) is 2.91. The molecule has 6 heteroatoms. The van der Waals surface area contributed by atoms with E-state index in [1.54, 1.807) is 36.5 Å². The first-order valence-corrected chi connectivity index (χ1v) is 6.74. The second kappa shape index (κ2) is 6.43. The van der Waals surface area contributed by atoms with Crippen molar-refractivity contribution in [2.24, 2.45) is 0 Å². The summed E-state index contributed by atoms with van der Waals surface area (Å²) in [5, 5.41) is 7.37. The molecule has 0 unspecified atom stereocenters. The van der Waals surface area contributed by atoms with Gasteiger partial charge in [0, 0.05) is 17.8 Å². The topological polar surface area (TPSA) is 56.2 Å². The average molecular weight is 294 g/mol. The van der Waals surface area contributed by atoms with E-state index in [1.807, 2.05) is 13.8 Å². The number of aromatic nitrogens is 2. The third kappa shape index (κ3) is 3.30. The summed E-state index contributed by atoms with van der Waals surface area (Å²) in [6, 6.07) is 8.57. The Morgan fingerprint density at radius 1 is 1.40 bits per heavy atom. The first kappa shape index (κ1) is 14.4. The molecule has 1 aromatic carbocycles. The summed E-state index contributed by atoms with van der Waals surface area (Å²) in [6.07, 6.45) is 1.27. The molecule has 1 aromatic heterocycles. The van der Waals surface area contributed by atoms with Gasteiger partial charge in [0.05, 0.1) is 5.69 Å². The Hall–Kier alpha value is -2.01. The second-order valence-corrected chi connectivity index (χ2v) is 4.65. The number of rotatable bonds is 4. The molecule has 0 spiro atoms. The van der Waals surface area contributed by atoms with Gasteiger partial charge in [0.15, 0.2) is 0 Å². The van der Waals surface area contributed by atoms with Crippen molar-refractivity contribution in [3.63, 3.8) is 0 Å². The molecule has 1 N–H and O–H groups in total. The minimum Gasteiger partial charge on any atom is -0.484 e. The molecule has 0 aliphatic heterocycles. The summed E-state index contributed by atoms with van der Waals surface area (Å²) in [4.78, 5) is 11.8. The summed E-state index contributed by atoms with van der Waals surface area (Å²) in [7, 11) is 0. The highest BCUT2D eigenvalue weighted by molar-refractivity contribution is 6.30. The molecule has 1 atom stereocenters. The van der Waals surface area contributed by atoms with Gasteiger partial charge in [-0.1, -0.05) is 11.6 Å². The lowest BCUT2D eigenvalue weighted by Crippen LogP contribution is -2.31. The molecular formula is C14H16ClN3O2. The predicted molar refractivity (Wildman–Crippen MR) is 77.2 cm³/mol. The van der Waals surface area contributed by atoms with E-state index in [9.17, 15) is 4.79 Å². The van der Waals surface area contributed by atoms with Gasteiger partial charge in [0.1, 0.15) is 11.9 Å². The number of nitrogens with one attached hydrogen (secondary N) is 1. The monoisotopic (exact) mass is 293 g/mol. The van der Waals surface area contributed by atoms with Crippen molar-refractivity contribution in [1.29, 1.82) is 0 Å². The summed E-state index contributed by atoms with van der Waals surface area (Å²) < 4.78 is 7.09. The first-order chi connectivity index (χ1) is 9.61. The highest BCUT2D eigenvalue weighted by Crippen LogP contribution is 2.22. The van der Waals surface area contributed by atoms with Crippen LogP contribution in [0.2, 0.25) is 5.02 Å². The number of hydrogen-bond acceptors (Lipinski definition) is 3. The van der Waals surface area contributed by atoms with Crippen molar-refractivity contribution in [3.8, 4) is 5.75 Å². The number of benzene rings is 1. The van der Waals surface area contributed by atoms with Gasteiger partial charge in [0.25, 0.3) is 0 Å². The largest absolute Gasteiger partial charge is 0.484 e. The number of amides is 1. The van der Waals surface area contributed by atoms with Gasteiger partial charge in [-0.25, -0.2) is 4.79 Å². The molecule has 0 radical (unpaired) electrons. The number of hydrogen-bond donors (Lipinski definition) is 1. The van der Waals surface area contributed by atoms with E-state index >= 15 is 0 Å². The van der Waals surface area contributed by atoms with Gasteiger partial charge in [-0.2, -0.15) is 9.78 Å². The van der Waals surface area contributed by atoms with Crippen molar-refractivity contribution >= 4 is 17.6 Å². The molecule has 5 nitrogen and oxygen atoms in total. The maximum absolute atomic E-state index is 11.8. The molecule has 2 rings (SSSR count). The predicted octanol–water partition coefficient (Wildman–Crippen LogP) is 3.25. The Bertz CT molecular complexity index is 580.